The van der Waals surface area contributed by atoms with Crippen LogP contribution >= 0.6 is 0 Å². The smallest absolute Gasteiger partial charge is 0.416 e. The van der Waals surface area contributed by atoms with E-state index in [1.807, 2.05) is 0 Å². The molecule has 132 valence electrons. The number of hydrogen-bond acceptors (Lipinski definition) is 2. The summed E-state index contributed by atoms with van der Waals surface area (Å²) in [6, 6.07) is 0.755. The minimum absolute atomic E-state index is 0.0243. The molecule has 0 radical (unpaired) electrons. The lowest BCUT2D eigenvalue weighted by molar-refractivity contribution is -0.143. The first-order valence-corrected chi connectivity index (χ1v) is 6.97. The van der Waals surface area contributed by atoms with Gasteiger partial charge in [-0.1, -0.05) is 0 Å². The average Bonchev–Trinajstić information content (AvgIpc) is 2.51. The summed E-state index contributed by atoms with van der Waals surface area (Å²) in [5.41, 5.74) is -3.78. The Morgan fingerprint density at radius 1 is 1.04 bits per heavy atom. The summed E-state index contributed by atoms with van der Waals surface area (Å²) in [7, 11) is 0. The monoisotopic (exact) mass is 353 g/mol. The molecule has 0 unspecified atom stereocenters. The lowest BCUT2D eigenvalue weighted by Gasteiger charge is -2.16. The Morgan fingerprint density at radius 2 is 1.62 bits per heavy atom. The Hall–Kier alpha value is -2.19. The third-order valence-electron chi connectivity index (χ3n) is 3.28. The fraction of sp³-hybridized carbons (Fsp3) is 0.400. The first-order valence-electron chi connectivity index (χ1n) is 6.97. The number of hydrogen-bond donors (Lipinski definition) is 1. The van der Waals surface area contributed by atoms with Gasteiger partial charge in [0.15, 0.2) is 0 Å². The molecule has 3 nitrogen and oxygen atoms in total. The van der Waals surface area contributed by atoms with Crippen LogP contribution in [0.3, 0.4) is 0 Å². The molecule has 0 aliphatic carbocycles. The molecule has 2 rings (SSSR count). The molecule has 0 bridgehead atoms. The van der Waals surface area contributed by atoms with Gasteiger partial charge in [0.2, 0.25) is 0 Å². The van der Waals surface area contributed by atoms with Crippen molar-refractivity contribution in [2.45, 2.75) is 25.2 Å². The zero-order chi connectivity index (χ0) is 18.0. The SMILES string of the molecule is O=C(NCC1=CCCCO1)c1cc(C(F)(F)F)cc(C(F)(F)F)c1. The molecule has 0 spiro atoms. The minimum Gasteiger partial charge on any atom is -0.496 e. The second-order valence-electron chi connectivity index (χ2n) is 5.14. The third kappa shape index (κ3) is 4.65. The Bertz CT molecular complexity index is 616. The van der Waals surface area contributed by atoms with Crippen molar-refractivity contribution in [3.8, 4) is 0 Å². The van der Waals surface area contributed by atoms with Gasteiger partial charge < -0.3 is 10.1 Å². The first kappa shape index (κ1) is 18.2. The van der Waals surface area contributed by atoms with Gasteiger partial charge in [-0.25, -0.2) is 0 Å². The Morgan fingerprint density at radius 3 is 2.08 bits per heavy atom. The van der Waals surface area contributed by atoms with Gasteiger partial charge in [0, 0.05) is 5.56 Å². The number of benzene rings is 1. The fourth-order valence-electron chi connectivity index (χ4n) is 2.09. The van der Waals surface area contributed by atoms with Crippen LogP contribution < -0.4 is 5.32 Å². The Labute approximate surface area is 133 Å². The predicted molar refractivity (Wildman–Crippen MR) is 72.0 cm³/mol. The van der Waals surface area contributed by atoms with Gasteiger partial charge in [-0.3, -0.25) is 4.79 Å². The molecule has 0 atom stereocenters. The third-order valence-corrected chi connectivity index (χ3v) is 3.28. The topological polar surface area (TPSA) is 38.3 Å². The number of halogens is 6. The van der Waals surface area contributed by atoms with Gasteiger partial charge >= 0.3 is 12.4 Å². The minimum atomic E-state index is -4.99. The number of carbonyl (C=O) groups is 1. The molecule has 1 aliphatic rings. The normalized spacial score (nSPS) is 15.5. The molecule has 1 aliphatic heterocycles. The highest BCUT2D eigenvalue weighted by atomic mass is 19.4. The molecule has 0 fully saturated rings. The zero-order valence-corrected chi connectivity index (χ0v) is 12.2. The lowest BCUT2D eigenvalue weighted by Crippen LogP contribution is -2.28. The van der Waals surface area contributed by atoms with E-state index in [4.69, 9.17) is 4.74 Å². The average molecular weight is 353 g/mol. The van der Waals surface area contributed by atoms with Gasteiger partial charge in [0.05, 0.1) is 24.3 Å². The van der Waals surface area contributed by atoms with Crippen LogP contribution in [0.1, 0.15) is 34.3 Å². The van der Waals surface area contributed by atoms with Gasteiger partial charge in [-0.2, -0.15) is 26.3 Å². The van der Waals surface area contributed by atoms with E-state index in [2.05, 4.69) is 5.32 Å². The maximum atomic E-state index is 12.7. The van der Waals surface area contributed by atoms with Crippen LogP contribution in [0.15, 0.2) is 30.0 Å². The van der Waals surface area contributed by atoms with Gasteiger partial charge in [0.25, 0.3) is 5.91 Å². The van der Waals surface area contributed by atoms with E-state index >= 15 is 0 Å². The summed E-state index contributed by atoms with van der Waals surface area (Å²) < 4.78 is 81.7. The van der Waals surface area contributed by atoms with Crippen LogP contribution in [0.2, 0.25) is 0 Å². The standard InChI is InChI=1S/C15H13F6NO2/c16-14(17,18)10-5-9(6-11(7-10)15(19,20)21)13(23)22-8-12-3-1-2-4-24-12/h3,5-7H,1-2,4,8H2,(H,22,23). The number of rotatable bonds is 3. The summed E-state index contributed by atoms with van der Waals surface area (Å²) in [5, 5.41) is 2.26. The van der Waals surface area contributed by atoms with Crippen molar-refractivity contribution >= 4 is 5.91 Å². The highest BCUT2D eigenvalue weighted by molar-refractivity contribution is 5.94. The number of carbonyl (C=O) groups excluding carboxylic acids is 1. The van der Waals surface area contributed by atoms with Crippen LogP contribution in [0.5, 0.6) is 0 Å². The van der Waals surface area contributed by atoms with Crippen molar-refractivity contribution in [3.63, 3.8) is 0 Å². The van der Waals surface area contributed by atoms with Crippen LogP contribution in [-0.2, 0) is 17.1 Å². The van der Waals surface area contributed by atoms with Crippen LogP contribution in [-0.4, -0.2) is 19.1 Å². The molecule has 0 aromatic heterocycles. The highest BCUT2D eigenvalue weighted by Gasteiger charge is 2.37. The number of allylic oxidation sites excluding steroid dienone is 1. The van der Waals surface area contributed by atoms with Crippen LogP contribution in [0.4, 0.5) is 26.3 Å². The van der Waals surface area contributed by atoms with Gasteiger partial charge in [0.1, 0.15) is 5.76 Å². The predicted octanol–water partition coefficient (Wildman–Crippen LogP) is 4.15. The molecular weight excluding hydrogens is 340 g/mol. The Kier molecular flexibility index (Phi) is 5.10. The molecule has 1 N–H and O–H groups in total. The molecule has 1 aromatic rings. The quantitative estimate of drug-likeness (QED) is 0.829. The van der Waals surface area contributed by atoms with Crippen molar-refractivity contribution in [2.75, 3.05) is 13.2 Å². The van der Waals surface area contributed by atoms with E-state index in [0.29, 0.717) is 24.5 Å². The molecule has 1 aromatic carbocycles. The number of ether oxygens (including phenoxy) is 1. The summed E-state index contributed by atoms with van der Waals surface area (Å²) in [6.07, 6.45) is -6.75. The van der Waals surface area contributed by atoms with Crippen LogP contribution in [0.25, 0.3) is 0 Å². The van der Waals surface area contributed by atoms with Crippen molar-refractivity contribution in [1.82, 2.24) is 5.32 Å². The summed E-state index contributed by atoms with van der Waals surface area (Å²) in [6.45, 7) is 0.347. The molecule has 0 saturated carbocycles. The number of amides is 1. The highest BCUT2D eigenvalue weighted by Crippen LogP contribution is 2.36. The first-order chi connectivity index (χ1) is 11.1. The van der Waals surface area contributed by atoms with E-state index in [0.717, 1.165) is 12.8 Å². The van der Waals surface area contributed by atoms with E-state index in [-0.39, 0.29) is 12.6 Å². The summed E-state index contributed by atoms with van der Waals surface area (Å²) >= 11 is 0. The number of nitrogens with one attached hydrogen (secondary N) is 1. The van der Waals surface area contributed by atoms with E-state index in [1.54, 1.807) is 6.08 Å². The van der Waals surface area contributed by atoms with Gasteiger partial charge in [-0.05, 0) is 37.1 Å². The zero-order valence-electron chi connectivity index (χ0n) is 12.2. The summed E-state index contributed by atoms with van der Waals surface area (Å²) in [5.74, 6) is -0.612. The van der Waals surface area contributed by atoms with Gasteiger partial charge in [-0.15, -0.1) is 0 Å². The van der Waals surface area contributed by atoms with E-state index in [1.165, 1.54) is 0 Å². The molecule has 0 saturated heterocycles. The fourth-order valence-corrected chi connectivity index (χ4v) is 2.09. The van der Waals surface area contributed by atoms with Crippen molar-refractivity contribution in [2.24, 2.45) is 0 Å². The Balaban J connectivity index is 2.24. The molecular formula is C15H13F6NO2. The van der Waals surface area contributed by atoms with E-state index in [9.17, 15) is 31.1 Å². The second kappa shape index (κ2) is 6.74. The van der Waals surface area contributed by atoms with Crippen LogP contribution in [0, 0.1) is 0 Å². The maximum absolute atomic E-state index is 12.7. The molecule has 1 amide bonds. The summed E-state index contributed by atoms with van der Waals surface area (Å²) in [4.78, 5) is 11.9. The lowest BCUT2D eigenvalue weighted by atomic mass is 10.0. The molecule has 9 heteroatoms. The maximum Gasteiger partial charge on any atom is 0.416 e. The van der Waals surface area contributed by atoms with Crippen molar-refractivity contribution in [3.05, 3.63) is 46.7 Å². The van der Waals surface area contributed by atoms with E-state index < -0.39 is 35.0 Å². The molecule has 1 heterocycles. The number of alkyl halides is 6. The van der Waals surface area contributed by atoms with Crippen molar-refractivity contribution < 1.29 is 35.9 Å². The largest absolute Gasteiger partial charge is 0.496 e. The second-order valence-corrected chi connectivity index (χ2v) is 5.14. The van der Waals surface area contributed by atoms with Crippen molar-refractivity contribution in [1.29, 1.82) is 0 Å². The molecule has 24 heavy (non-hydrogen) atoms.